The molecule has 0 fully saturated rings. The molecule has 0 saturated heterocycles. The smallest absolute Gasteiger partial charge is 0.235 e. The summed E-state index contributed by atoms with van der Waals surface area (Å²) in [6, 6.07) is 6.96. The van der Waals surface area contributed by atoms with Gasteiger partial charge < -0.3 is 9.84 Å². The minimum atomic E-state index is -3.38. The van der Waals surface area contributed by atoms with Crippen LogP contribution in [0.3, 0.4) is 0 Å². The first kappa shape index (κ1) is 14.8. The number of aliphatic hydroxyl groups excluding tert-OH is 1. The second kappa shape index (κ2) is 6.61. The number of benzene rings is 1. The largest absolute Gasteiger partial charge is 0.495 e. The van der Waals surface area contributed by atoms with E-state index in [2.05, 4.69) is 0 Å². The molecule has 18 heavy (non-hydrogen) atoms. The highest BCUT2D eigenvalue weighted by Crippen LogP contribution is 2.28. The predicted molar refractivity (Wildman–Crippen MR) is 71.5 cm³/mol. The molecule has 0 spiro atoms. The topological polar surface area (TPSA) is 66.8 Å². The summed E-state index contributed by atoms with van der Waals surface area (Å²) in [6.07, 6.45) is 0.928. The van der Waals surface area contributed by atoms with Gasteiger partial charge in [-0.15, -0.1) is 0 Å². The Balaban J connectivity index is 2.88. The van der Waals surface area contributed by atoms with Gasteiger partial charge in [0.2, 0.25) is 10.0 Å². The normalized spacial score (nSPS) is 11.3. The zero-order chi connectivity index (χ0) is 13.6. The molecule has 6 heteroatoms. The molecule has 0 radical (unpaired) electrons. The molecular formula is C12H19NO4S. The Kier molecular flexibility index (Phi) is 5.43. The van der Waals surface area contributed by atoms with E-state index in [1.165, 1.54) is 18.5 Å². The average molecular weight is 273 g/mol. The highest BCUT2D eigenvalue weighted by Gasteiger charge is 2.20. The number of rotatable bonds is 7. The molecule has 0 aliphatic carbocycles. The summed E-state index contributed by atoms with van der Waals surface area (Å²) in [5.41, 5.74) is 0.518. The van der Waals surface area contributed by atoms with Crippen molar-refractivity contribution in [2.75, 3.05) is 30.8 Å². The molecule has 1 rings (SSSR count). The standard InChI is InChI=1S/C12H19NO4S/c1-13(18(15,16)10-6-5-9-14)11-7-3-4-8-12(11)17-2/h3-4,7-8,14H,5-6,9-10H2,1-2H3. The summed E-state index contributed by atoms with van der Waals surface area (Å²) < 4.78 is 30.5. The highest BCUT2D eigenvalue weighted by atomic mass is 32.2. The quantitative estimate of drug-likeness (QED) is 0.759. The monoisotopic (exact) mass is 273 g/mol. The average Bonchev–Trinajstić information content (AvgIpc) is 2.38. The Morgan fingerprint density at radius 1 is 1.28 bits per heavy atom. The molecule has 0 aliphatic rings. The lowest BCUT2D eigenvalue weighted by atomic mass is 10.3. The molecule has 0 heterocycles. The number of methoxy groups -OCH3 is 1. The van der Waals surface area contributed by atoms with E-state index in [1.807, 2.05) is 0 Å². The van der Waals surface area contributed by atoms with Crippen LogP contribution in [0, 0.1) is 0 Å². The molecule has 0 amide bonds. The van der Waals surface area contributed by atoms with Crippen LogP contribution in [0.15, 0.2) is 24.3 Å². The van der Waals surface area contributed by atoms with Crippen molar-refractivity contribution in [1.82, 2.24) is 0 Å². The van der Waals surface area contributed by atoms with Gasteiger partial charge in [-0.25, -0.2) is 8.42 Å². The Morgan fingerprint density at radius 3 is 2.56 bits per heavy atom. The van der Waals surface area contributed by atoms with Gasteiger partial charge in [-0.1, -0.05) is 12.1 Å². The van der Waals surface area contributed by atoms with Crippen LogP contribution >= 0.6 is 0 Å². The summed E-state index contributed by atoms with van der Waals surface area (Å²) in [7, 11) is -0.365. The highest BCUT2D eigenvalue weighted by molar-refractivity contribution is 7.92. The number of anilines is 1. The van der Waals surface area contributed by atoms with E-state index in [0.717, 1.165) is 0 Å². The van der Waals surface area contributed by atoms with Gasteiger partial charge in [0.05, 0.1) is 18.6 Å². The van der Waals surface area contributed by atoms with Gasteiger partial charge in [0, 0.05) is 13.7 Å². The van der Waals surface area contributed by atoms with E-state index >= 15 is 0 Å². The van der Waals surface area contributed by atoms with E-state index < -0.39 is 10.0 Å². The van der Waals surface area contributed by atoms with Crippen LogP contribution in [0.1, 0.15) is 12.8 Å². The lowest BCUT2D eigenvalue weighted by molar-refractivity contribution is 0.287. The number of nitrogens with zero attached hydrogens (tertiary/aromatic N) is 1. The lowest BCUT2D eigenvalue weighted by Crippen LogP contribution is -2.29. The number of para-hydroxylation sites is 2. The number of ether oxygens (including phenoxy) is 1. The Labute approximate surface area is 108 Å². The van der Waals surface area contributed by atoms with E-state index in [9.17, 15) is 8.42 Å². The number of hydrogen-bond acceptors (Lipinski definition) is 4. The minimum Gasteiger partial charge on any atom is -0.495 e. The Bertz CT molecular complexity index is 473. The summed E-state index contributed by atoms with van der Waals surface area (Å²) in [5, 5.41) is 8.67. The van der Waals surface area contributed by atoms with E-state index in [0.29, 0.717) is 24.3 Å². The fraction of sp³-hybridized carbons (Fsp3) is 0.500. The SMILES string of the molecule is COc1ccccc1N(C)S(=O)(=O)CCCCO. The Morgan fingerprint density at radius 2 is 1.94 bits per heavy atom. The van der Waals surface area contributed by atoms with Crippen molar-refractivity contribution in [2.24, 2.45) is 0 Å². The van der Waals surface area contributed by atoms with Crippen molar-refractivity contribution in [3.8, 4) is 5.75 Å². The van der Waals surface area contributed by atoms with Gasteiger partial charge in [0.15, 0.2) is 0 Å². The molecule has 5 nitrogen and oxygen atoms in total. The summed E-state index contributed by atoms with van der Waals surface area (Å²) in [6.45, 7) is 0.00783. The third-order valence-electron chi connectivity index (χ3n) is 2.65. The first-order valence-corrected chi connectivity index (χ1v) is 7.34. The molecule has 1 aromatic carbocycles. The summed E-state index contributed by atoms with van der Waals surface area (Å²) in [4.78, 5) is 0. The molecule has 0 aromatic heterocycles. The number of aliphatic hydroxyl groups is 1. The van der Waals surface area contributed by atoms with Crippen LogP contribution in [0.5, 0.6) is 5.75 Å². The van der Waals surface area contributed by atoms with Gasteiger partial charge in [0.1, 0.15) is 5.75 Å². The van der Waals surface area contributed by atoms with E-state index in [-0.39, 0.29) is 12.4 Å². The van der Waals surface area contributed by atoms with E-state index in [4.69, 9.17) is 9.84 Å². The van der Waals surface area contributed by atoms with Crippen LogP contribution in [-0.2, 0) is 10.0 Å². The third kappa shape index (κ3) is 3.61. The van der Waals surface area contributed by atoms with Gasteiger partial charge in [-0.2, -0.15) is 0 Å². The first-order valence-electron chi connectivity index (χ1n) is 5.73. The molecule has 0 unspecified atom stereocenters. The maximum atomic E-state index is 12.1. The van der Waals surface area contributed by atoms with Crippen molar-refractivity contribution in [3.05, 3.63) is 24.3 Å². The van der Waals surface area contributed by atoms with Crippen molar-refractivity contribution in [1.29, 1.82) is 0 Å². The van der Waals surface area contributed by atoms with Crippen molar-refractivity contribution < 1.29 is 18.3 Å². The minimum absolute atomic E-state index is 0.00783. The second-order valence-corrected chi connectivity index (χ2v) is 6.01. The number of hydrogen-bond donors (Lipinski definition) is 1. The lowest BCUT2D eigenvalue weighted by Gasteiger charge is -2.21. The van der Waals surface area contributed by atoms with Crippen LogP contribution in [0.2, 0.25) is 0 Å². The van der Waals surface area contributed by atoms with Crippen molar-refractivity contribution in [3.63, 3.8) is 0 Å². The fourth-order valence-corrected chi connectivity index (χ4v) is 2.87. The summed E-state index contributed by atoms with van der Waals surface area (Å²) in [5.74, 6) is 0.535. The van der Waals surface area contributed by atoms with Crippen molar-refractivity contribution in [2.45, 2.75) is 12.8 Å². The molecule has 102 valence electrons. The van der Waals surface area contributed by atoms with Gasteiger partial charge in [-0.05, 0) is 25.0 Å². The van der Waals surface area contributed by atoms with Gasteiger partial charge >= 0.3 is 0 Å². The van der Waals surface area contributed by atoms with Crippen LogP contribution in [0.4, 0.5) is 5.69 Å². The van der Waals surface area contributed by atoms with Crippen LogP contribution in [-0.4, -0.2) is 40.0 Å². The number of sulfonamides is 1. The Hall–Kier alpha value is -1.27. The molecule has 0 bridgehead atoms. The van der Waals surface area contributed by atoms with Crippen molar-refractivity contribution >= 4 is 15.7 Å². The van der Waals surface area contributed by atoms with Gasteiger partial charge in [-0.3, -0.25) is 4.31 Å². The van der Waals surface area contributed by atoms with Crippen LogP contribution < -0.4 is 9.04 Å². The molecule has 1 aromatic rings. The third-order valence-corrected chi connectivity index (χ3v) is 4.49. The maximum Gasteiger partial charge on any atom is 0.235 e. The van der Waals surface area contributed by atoms with Gasteiger partial charge in [0.25, 0.3) is 0 Å². The second-order valence-electron chi connectivity index (χ2n) is 3.89. The molecule has 0 aliphatic heterocycles. The number of unbranched alkanes of at least 4 members (excludes halogenated alkanes) is 1. The first-order chi connectivity index (χ1) is 8.53. The molecule has 0 saturated carbocycles. The van der Waals surface area contributed by atoms with E-state index in [1.54, 1.807) is 24.3 Å². The summed E-state index contributed by atoms with van der Waals surface area (Å²) >= 11 is 0. The molecule has 1 N–H and O–H groups in total. The maximum absolute atomic E-state index is 12.1. The zero-order valence-corrected chi connectivity index (χ0v) is 11.5. The predicted octanol–water partition coefficient (Wildman–Crippen LogP) is 1.23. The zero-order valence-electron chi connectivity index (χ0n) is 10.7. The fourth-order valence-electron chi connectivity index (χ4n) is 1.57. The molecular weight excluding hydrogens is 254 g/mol. The van der Waals surface area contributed by atoms with Crippen LogP contribution in [0.25, 0.3) is 0 Å². The molecule has 0 atom stereocenters.